The van der Waals surface area contributed by atoms with E-state index in [0.29, 0.717) is 6.61 Å². The summed E-state index contributed by atoms with van der Waals surface area (Å²) in [5.74, 6) is 1.49. The largest absolute Gasteiger partial charge is 0.486 e. The van der Waals surface area contributed by atoms with Crippen LogP contribution in [-0.2, 0) is 9.53 Å². The van der Waals surface area contributed by atoms with Gasteiger partial charge < -0.3 is 14.2 Å². The lowest BCUT2D eigenvalue weighted by Crippen LogP contribution is -2.40. The van der Waals surface area contributed by atoms with E-state index < -0.39 is 0 Å². The number of rotatable bonds is 3. The first-order valence-corrected chi connectivity index (χ1v) is 6.95. The molecule has 0 aliphatic carbocycles. The fourth-order valence-electron chi connectivity index (χ4n) is 2.80. The van der Waals surface area contributed by atoms with Gasteiger partial charge in [0.05, 0.1) is 13.0 Å². The fraction of sp³-hybridized carbons (Fsp3) is 0.533. The fourth-order valence-corrected chi connectivity index (χ4v) is 2.80. The Morgan fingerprint density at radius 2 is 2.20 bits per heavy atom. The number of benzene rings is 1. The highest BCUT2D eigenvalue weighted by Crippen LogP contribution is 2.31. The van der Waals surface area contributed by atoms with Crippen molar-refractivity contribution in [2.24, 2.45) is 5.92 Å². The summed E-state index contributed by atoms with van der Waals surface area (Å²) in [6.45, 7) is 2.98. The molecule has 2 unspecified atom stereocenters. The van der Waals surface area contributed by atoms with Crippen molar-refractivity contribution in [1.29, 1.82) is 0 Å². The molecule has 3 rings (SSSR count). The lowest BCUT2D eigenvalue weighted by molar-refractivity contribution is -0.144. The van der Waals surface area contributed by atoms with Gasteiger partial charge in [0, 0.05) is 13.1 Å². The van der Waals surface area contributed by atoms with Crippen molar-refractivity contribution in [3.8, 4) is 11.5 Å². The summed E-state index contributed by atoms with van der Waals surface area (Å²) < 4.78 is 16.4. The van der Waals surface area contributed by atoms with Crippen LogP contribution in [0, 0.1) is 5.92 Å². The average Bonchev–Trinajstić information content (AvgIpc) is 2.95. The van der Waals surface area contributed by atoms with Crippen molar-refractivity contribution in [1.82, 2.24) is 4.90 Å². The first-order chi connectivity index (χ1) is 9.76. The number of esters is 1. The molecule has 1 saturated heterocycles. The Labute approximate surface area is 118 Å². The van der Waals surface area contributed by atoms with Crippen LogP contribution in [-0.4, -0.2) is 50.3 Å². The van der Waals surface area contributed by atoms with Gasteiger partial charge in [0.2, 0.25) is 0 Å². The summed E-state index contributed by atoms with van der Waals surface area (Å²) >= 11 is 0. The molecular formula is C15H19NO4. The number of nitrogens with zero attached hydrogens (tertiary/aromatic N) is 1. The Morgan fingerprint density at radius 1 is 1.40 bits per heavy atom. The average molecular weight is 277 g/mol. The molecular weight excluding hydrogens is 258 g/mol. The van der Waals surface area contributed by atoms with Crippen LogP contribution in [0.3, 0.4) is 0 Å². The van der Waals surface area contributed by atoms with Crippen molar-refractivity contribution in [2.45, 2.75) is 12.5 Å². The van der Waals surface area contributed by atoms with Gasteiger partial charge in [-0.15, -0.1) is 0 Å². The zero-order valence-corrected chi connectivity index (χ0v) is 11.6. The molecule has 2 aliphatic heterocycles. The van der Waals surface area contributed by atoms with Crippen LogP contribution in [0.4, 0.5) is 0 Å². The first-order valence-electron chi connectivity index (χ1n) is 6.95. The summed E-state index contributed by atoms with van der Waals surface area (Å²) in [5.41, 5.74) is 0. The molecule has 0 aromatic heterocycles. The van der Waals surface area contributed by atoms with Gasteiger partial charge >= 0.3 is 5.97 Å². The van der Waals surface area contributed by atoms with Crippen molar-refractivity contribution in [3.05, 3.63) is 24.3 Å². The SMILES string of the molecule is COC(=O)C1CCN(CC2COc3ccccc3O2)C1. The normalized spacial score (nSPS) is 25.4. The molecule has 2 heterocycles. The standard InChI is InChI=1S/C15H19NO4/c1-18-15(17)11-6-7-16(8-11)9-12-10-19-13-4-2-3-5-14(13)20-12/h2-5,11-12H,6-10H2,1H3. The second-order valence-corrected chi connectivity index (χ2v) is 5.27. The van der Waals surface area contributed by atoms with Crippen LogP contribution in [0.1, 0.15) is 6.42 Å². The molecule has 5 heteroatoms. The highest BCUT2D eigenvalue weighted by atomic mass is 16.6. The third-order valence-electron chi connectivity index (χ3n) is 3.84. The van der Waals surface area contributed by atoms with Gasteiger partial charge in [0.1, 0.15) is 12.7 Å². The monoisotopic (exact) mass is 277 g/mol. The number of carbonyl (C=O) groups is 1. The molecule has 5 nitrogen and oxygen atoms in total. The maximum absolute atomic E-state index is 11.5. The predicted octanol–water partition coefficient (Wildman–Crippen LogP) is 1.32. The smallest absolute Gasteiger partial charge is 0.310 e. The van der Waals surface area contributed by atoms with E-state index >= 15 is 0 Å². The van der Waals surface area contributed by atoms with Crippen molar-refractivity contribution < 1.29 is 19.0 Å². The summed E-state index contributed by atoms with van der Waals surface area (Å²) in [4.78, 5) is 13.8. The van der Waals surface area contributed by atoms with Crippen LogP contribution in [0.2, 0.25) is 0 Å². The summed E-state index contributed by atoms with van der Waals surface area (Å²) in [7, 11) is 1.44. The molecule has 1 fully saturated rings. The minimum Gasteiger partial charge on any atom is -0.486 e. The number of ether oxygens (including phenoxy) is 3. The van der Waals surface area contributed by atoms with Gasteiger partial charge in [-0.1, -0.05) is 12.1 Å². The molecule has 20 heavy (non-hydrogen) atoms. The Kier molecular flexibility index (Phi) is 3.78. The minimum atomic E-state index is -0.112. The molecule has 0 amide bonds. The third-order valence-corrected chi connectivity index (χ3v) is 3.84. The Balaban J connectivity index is 1.54. The zero-order chi connectivity index (χ0) is 13.9. The van der Waals surface area contributed by atoms with Crippen LogP contribution in [0.5, 0.6) is 11.5 Å². The summed E-state index contributed by atoms with van der Waals surface area (Å²) in [6, 6.07) is 7.70. The molecule has 0 N–H and O–H groups in total. The van der Waals surface area contributed by atoms with Gasteiger partial charge in [-0.2, -0.15) is 0 Å². The molecule has 108 valence electrons. The van der Waals surface area contributed by atoms with E-state index in [1.165, 1.54) is 7.11 Å². The molecule has 1 aromatic carbocycles. The Hall–Kier alpha value is -1.75. The Morgan fingerprint density at radius 3 is 3.00 bits per heavy atom. The molecule has 1 aromatic rings. The Bertz CT molecular complexity index is 491. The van der Waals surface area contributed by atoms with Crippen LogP contribution < -0.4 is 9.47 Å². The lowest BCUT2D eigenvalue weighted by atomic mass is 10.1. The van der Waals surface area contributed by atoms with E-state index in [9.17, 15) is 4.79 Å². The van der Waals surface area contributed by atoms with E-state index in [-0.39, 0.29) is 18.0 Å². The highest BCUT2D eigenvalue weighted by molar-refractivity contribution is 5.72. The molecule has 0 saturated carbocycles. The van der Waals surface area contributed by atoms with Crippen LogP contribution in [0.25, 0.3) is 0 Å². The van der Waals surface area contributed by atoms with E-state index in [4.69, 9.17) is 14.2 Å². The van der Waals surface area contributed by atoms with E-state index in [1.54, 1.807) is 0 Å². The molecule has 0 bridgehead atoms. The number of hydrogen-bond donors (Lipinski definition) is 0. The third kappa shape index (κ3) is 2.72. The molecule has 2 aliphatic rings. The van der Waals surface area contributed by atoms with Gasteiger partial charge in [-0.3, -0.25) is 9.69 Å². The summed E-state index contributed by atoms with van der Waals surface area (Å²) in [5, 5.41) is 0. The van der Waals surface area contributed by atoms with Gasteiger partial charge in [0.15, 0.2) is 11.5 Å². The number of fused-ring (bicyclic) bond motifs is 1. The second kappa shape index (κ2) is 5.71. The number of methoxy groups -OCH3 is 1. The molecule has 0 spiro atoms. The van der Waals surface area contributed by atoms with E-state index in [1.807, 2.05) is 24.3 Å². The lowest BCUT2D eigenvalue weighted by Gasteiger charge is -2.29. The van der Waals surface area contributed by atoms with Crippen molar-refractivity contribution in [3.63, 3.8) is 0 Å². The number of carbonyl (C=O) groups excluding carboxylic acids is 1. The predicted molar refractivity (Wildman–Crippen MR) is 72.9 cm³/mol. The van der Waals surface area contributed by atoms with Crippen LogP contribution in [0.15, 0.2) is 24.3 Å². The van der Waals surface area contributed by atoms with E-state index in [2.05, 4.69) is 4.90 Å². The number of likely N-dealkylation sites (tertiary alicyclic amines) is 1. The maximum atomic E-state index is 11.5. The topological polar surface area (TPSA) is 48.0 Å². The van der Waals surface area contributed by atoms with E-state index in [0.717, 1.165) is 37.6 Å². The van der Waals surface area contributed by atoms with Crippen LogP contribution >= 0.6 is 0 Å². The van der Waals surface area contributed by atoms with Gasteiger partial charge in [-0.25, -0.2) is 0 Å². The van der Waals surface area contributed by atoms with Gasteiger partial charge in [0.25, 0.3) is 0 Å². The zero-order valence-electron chi connectivity index (χ0n) is 11.6. The minimum absolute atomic E-state index is 0.00297. The molecule has 2 atom stereocenters. The number of para-hydroxylation sites is 2. The van der Waals surface area contributed by atoms with Crippen molar-refractivity contribution >= 4 is 5.97 Å². The van der Waals surface area contributed by atoms with Crippen molar-refractivity contribution in [2.75, 3.05) is 33.4 Å². The summed E-state index contributed by atoms with van der Waals surface area (Å²) in [6.07, 6.45) is 0.873. The highest BCUT2D eigenvalue weighted by Gasteiger charge is 2.31. The maximum Gasteiger partial charge on any atom is 0.310 e. The quantitative estimate of drug-likeness (QED) is 0.780. The second-order valence-electron chi connectivity index (χ2n) is 5.27. The van der Waals surface area contributed by atoms with Gasteiger partial charge in [-0.05, 0) is 25.1 Å². The number of hydrogen-bond acceptors (Lipinski definition) is 5. The first kappa shape index (κ1) is 13.2. The molecule has 0 radical (unpaired) electrons.